The van der Waals surface area contributed by atoms with Crippen LogP contribution in [0.3, 0.4) is 0 Å². The van der Waals surface area contributed by atoms with E-state index >= 15 is 0 Å². The Morgan fingerprint density at radius 1 is 1.12 bits per heavy atom. The molecule has 4 rings (SSSR count). The van der Waals surface area contributed by atoms with Crippen LogP contribution in [0.1, 0.15) is 28.5 Å². The fourth-order valence-electron chi connectivity index (χ4n) is 3.01. The van der Waals surface area contributed by atoms with Crippen molar-refractivity contribution in [3.05, 3.63) is 71.9 Å². The molecular formula is C19H16N4O3. The lowest BCUT2D eigenvalue weighted by atomic mass is 10.0. The summed E-state index contributed by atoms with van der Waals surface area (Å²) in [6.07, 6.45) is -0.198. The maximum Gasteiger partial charge on any atom is 0.305 e. The van der Waals surface area contributed by atoms with E-state index in [1.807, 2.05) is 42.5 Å². The van der Waals surface area contributed by atoms with Crippen molar-refractivity contribution in [3.8, 4) is 0 Å². The van der Waals surface area contributed by atoms with Gasteiger partial charge in [0.25, 0.3) is 5.91 Å². The monoisotopic (exact) mass is 348 g/mol. The Hall–Kier alpha value is -3.61. The number of carbonyl (C=O) groups is 2. The van der Waals surface area contributed by atoms with Crippen LogP contribution >= 0.6 is 0 Å². The molecule has 7 nitrogen and oxygen atoms in total. The number of hydrogen-bond acceptors (Lipinski definition) is 3. The molecule has 2 heterocycles. The number of rotatable bonds is 5. The zero-order chi connectivity index (χ0) is 18.1. The minimum absolute atomic E-state index is 0.198. The summed E-state index contributed by atoms with van der Waals surface area (Å²) in [6, 6.07) is 17.7. The van der Waals surface area contributed by atoms with Crippen LogP contribution in [0.15, 0.2) is 60.7 Å². The average Bonchev–Trinajstić information content (AvgIpc) is 3.19. The lowest BCUT2D eigenvalue weighted by Crippen LogP contribution is -2.30. The van der Waals surface area contributed by atoms with E-state index in [0.717, 1.165) is 16.6 Å². The summed E-state index contributed by atoms with van der Waals surface area (Å²) in [5.41, 5.74) is 3.39. The largest absolute Gasteiger partial charge is 0.481 e. The zero-order valence-electron chi connectivity index (χ0n) is 13.7. The Morgan fingerprint density at radius 2 is 1.85 bits per heavy atom. The number of imidazole rings is 1. The van der Waals surface area contributed by atoms with Gasteiger partial charge in [0.15, 0.2) is 5.65 Å². The van der Waals surface area contributed by atoms with Crippen LogP contribution in [-0.4, -0.2) is 31.6 Å². The van der Waals surface area contributed by atoms with Gasteiger partial charge in [-0.15, -0.1) is 0 Å². The molecule has 0 bridgehead atoms. The first-order valence-corrected chi connectivity index (χ1v) is 8.15. The number of aromatic amines is 1. The van der Waals surface area contributed by atoms with Crippen LogP contribution in [0.5, 0.6) is 0 Å². The van der Waals surface area contributed by atoms with Crippen molar-refractivity contribution < 1.29 is 14.7 Å². The second-order valence-corrected chi connectivity index (χ2v) is 6.00. The highest BCUT2D eigenvalue weighted by Gasteiger charge is 2.20. The number of carbonyl (C=O) groups excluding carboxylic acids is 1. The fraction of sp³-hybridized carbons (Fsp3) is 0.105. The number of nitrogens with one attached hydrogen (secondary N) is 2. The predicted molar refractivity (Wildman–Crippen MR) is 96.0 cm³/mol. The van der Waals surface area contributed by atoms with Crippen LogP contribution in [0.2, 0.25) is 0 Å². The molecule has 0 spiro atoms. The van der Waals surface area contributed by atoms with E-state index in [1.54, 1.807) is 22.7 Å². The van der Waals surface area contributed by atoms with Crippen LogP contribution < -0.4 is 5.32 Å². The summed E-state index contributed by atoms with van der Waals surface area (Å²) in [7, 11) is 0. The number of aromatic nitrogens is 3. The Bertz CT molecular complexity index is 1100. The second-order valence-electron chi connectivity index (χ2n) is 6.00. The van der Waals surface area contributed by atoms with E-state index in [-0.39, 0.29) is 12.3 Å². The van der Waals surface area contributed by atoms with Crippen molar-refractivity contribution in [1.29, 1.82) is 0 Å². The molecule has 4 aromatic rings. The standard InChI is InChI=1S/C19H16N4O3/c24-18(25)11-14(12-6-2-1-3-7-12)21-19(26)15-10-17-20-13-8-4-5-9-16(13)23(17)22-15/h1-10,14,22H,11H2,(H,21,26)(H,24,25)/t14-/m0/s1. The molecule has 0 fully saturated rings. The summed E-state index contributed by atoms with van der Waals surface area (Å²) < 4.78 is 1.74. The van der Waals surface area contributed by atoms with E-state index in [0.29, 0.717) is 11.3 Å². The van der Waals surface area contributed by atoms with Gasteiger partial charge < -0.3 is 10.4 Å². The Labute approximate surface area is 148 Å². The first-order chi connectivity index (χ1) is 12.6. The lowest BCUT2D eigenvalue weighted by molar-refractivity contribution is -0.137. The number of nitrogens with zero attached hydrogens (tertiary/aromatic N) is 2. The average molecular weight is 348 g/mol. The van der Waals surface area contributed by atoms with Gasteiger partial charge in [0.05, 0.1) is 23.5 Å². The van der Waals surface area contributed by atoms with Crippen LogP contribution in [-0.2, 0) is 4.79 Å². The lowest BCUT2D eigenvalue weighted by Gasteiger charge is -2.16. The van der Waals surface area contributed by atoms with Gasteiger partial charge in [-0.2, -0.15) is 0 Å². The zero-order valence-corrected chi connectivity index (χ0v) is 13.7. The van der Waals surface area contributed by atoms with Gasteiger partial charge in [-0.25, -0.2) is 9.50 Å². The van der Waals surface area contributed by atoms with E-state index < -0.39 is 12.0 Å². The maximum atomic E-state index is 12.6. The molecule has 1 atom stereocenters. The Kier molecular flexibility index (Phi) is 3.89. The van der Waals surface area contributed by atoms with Crippen molar-refractivity contribution >= 4 is 28.6 Å². The Morgan fingerprint density at radius 3 is 2.62 bits per heavy atom. The molecule has 0 aliphatic rings. The highest BCUT2D eigenvalue weighted by molar-refractivity contribution is 5.95. The molecular weight excluding hydrogens is 332 g/mol. The van der Waals surface area contributed by atoms with Crippen LogP contribution in [0.25, 0.3) is 16.7 Å². The fourth-order valence-corrected chi connectivity index (χ4v) is 3.01. The number of para-hydroxylation sites is 2. The quantitative estimate of drug-likeness (QED) is 0.516. The molecule has 0 saturated carbocycles. The number of carboxylic acids is 1. The first kappa shape index (κ1) is 15.9. The van der Waals surface area contributed by atoms with E-state index in [2.05, 4.69) is 15.4 Å². The minimum atomic E-state index is -0.980. The smallest absolute Gasteiger partial charge is 0.305 e. The molecule has 0 aliphatic carbocycles. The van der Waals surface area contributed by atoms with Crippen LogP contribution in [0, 0.1) is 0 Å². The number of amides is 1. The highest BCUT2D eigenvalue weighted by atomic mass is 16.4. The Balaban J connectivity index is 1.63. The summed E-state index contributed by atoms with van der Waals surface area (Å²) in [5.74, 6) is -1.36. The maximum absolute atomic E-state index is 12.6. The van der Waals surface area contributed by atoms with E-state index in [1.165, 1.54) is 0 Å². The van der Waals surface area contributed by atoms with Gasteiger partial charge in [0.2, 0.25) is 0 Å². The number of hydrogen-bond donors (Lipinski definition) is 3. The number of benzene rings is 2. The van der Waals surface area contributed by atoms with Gasteiger partial charge >= 0.3 is 5.97 Å². The van der Waals surface area contributed by atoms with Crippen molar-refractivity contribution in [2.24, 2.45) is 0 Å². The molecule has 0 saturated heterocycles. The predicted octanol–water partition coefficient (Wildman–Crippen LogP) is 2.76. The van der Waals surface area contributed by atoms with E-state index in [9.17, 15) is 9.59 Å². The summed E-state index contributed by atoms with van der Waals surface area (Å²) in [6.45, 7) is 0. The van der Waals surface area contributed by atoms with Crippen molar-refractivity contribution in [2.45, 2.75) is 12.5 Å². The number of H-pyrrole nitrogens is 1. The minimum Gasteiger partial charge on any atom is -0.481 e. The highest BCUT2D eigenvalue weighted by Crippen LogP contribution is 2.19. The molecule has 2 aromatic carbocycles. The van der Waals surface area contributed by atoms with Crippen molar-refractivity contribution in [1.82, 2.24) is 19.9 Å². The third-order valence-corrected chi connectivity index (χ3v) is 4.22. The number of carboxylic acid groups (broad SMARTS) is 1. The molecule has 3 N–H and O–H groups in total. The van der Waals surface area contributed by atoms with Gasteiger partial charge in [0, 0.05) is 6.07 Å². The molecule has 0 radical (unpaired) electrons. The summed E-state index contributed by atoms with van der Waals surface area (Å²) in [4.78, 5) is 28.3. The van der Waals surface area contributed by atoms with Gasteiger partial charge in [-0.1, -0.05) is 42.5 Å². The molecule has 2 aromatic heterocycles. The SMILES string of the molecule is O=C(O)C[C@H](NC(=O)c1cc2nc3ccccc3n2[nH]1)c1ccccc1. The summed E-state index contributed by atoms with van der Waals surface area (Å²) >= 11 is 0. The number of fused-ring (bicyclic) bond motifs is 3. The molecule has 0 aliphatic heterocycles. The normalized spacial score (nSPS) is 12.3. The molecule has 7 heteroatoms. The second kappa shape index (κ2) is 6.36. The third kappa shape index (κ3) is 2.90. The van der Waals surface area contributed by atoms with Crippen molar-refractivity contribution in [3.63, 3.8) is 0 Å². The topological polar surface area (TPSA) is 99.5 Å². The summed E-state index contributed by atoms with van der Waals surface area (Å²) in [5, 5.41) is 15.0. The first-order valence-electron chi connectivity index (χ1n) is 8.15. The molecule has 1 amide bonds. The van der Waals surface area contributed by atoms with Gasteiger partial charge in [0.1, 0.15) is 5.69 Å². The van der Waals surface area contributed by atoms with Gasteiger partial charge in [-0.3, -0.25) is 14.7 Å². The van der Waals surface area contributed by atoms with Crippen LogP contribution in [0.4, 0.5) is 0 Å². The molecule has 26 heavy (non-hydrogen) atoms. The third-order valence-electron chi connectivity index (χ3n) is 4.22. The van der Waals surface area contributed by atoms with Gasteiger partial charge in [-0.05, 0) is 17.7 Å². The van der Waals surface area contributed by atoms with Crippen molar-refractivity contribution in [2.75, 3.05) is 0 Å². The van der Waals surface area contributed by atoms with E-state index in [4.69, 9.17) is 5.11 Å². The molecule has 130 valence electrons. The number of aliphatic carboxylic acids is 1. The molecule has 0 unspecified atom stereocenters.